The Kier molecular flexibility index (Phi) is 11.6. The monoisotopic (exact) mass is 552 g/mol. The lowest BCUT2D eigenvalue weighted by Crippen LogP contribution is -2.42. The maximum Gasteiger partial charge on any atom is 0.416 e. The van der Waals surface area contributed by atoms with E-state index in [1.165, 1.54) is 12.1 Å². The first-order valence-electron chi connectivity index (χ1n) is 9.77. The summed E-state index contributed by atoms with van der Waals surface area (Å²) >= 11 is 0. The van der Waals surface area contributed by atoms with Crippen molar-refractivity contribution in [2.24, 2.45) is 4.99 Å². The van der Waals surface area contributed by atoms with Gasteiger partial charge < -0.3 is 20.5 Å². The van der Waals surface area contributed by atoms with Crippen molar-refractivity contribution >= 4 is 29.9 Å². The molecule has 2 atom stereocenters. The average Bonchev–Trinajstić information content (AvgIpc) is 2.74. The average molecular weight is 552 g/mol. The number of aliphatic hydroxyl groups excluding tert-OH is 1. The van der Waals surface area contributed by atoms with Gasteiger partial charge in [-0.25, -0.2) is 0 Å². The van der Waals surface area contributed by atoms with Crippen LogP contribution in [0.2, 0.25) is 0 Å². The van der Waals surface area contributed by atoms with E-state index in [1.807, 2.05) is 13.8 Å². The molecule has 6 nitrogen and oxygen atoms in total. The van der Waals surface area contributed by atoms with E-state index >= 15 is 0 Å². The Labute approximate surface area is 197 Å². The molecule has 0 bridgehead atoms. The van der Waals surface area contributed by atoms with Gasteiger partial charge in [0.15, 0.2) is 5.96 Å². The molecule has 1 aromatic heterocycles. The molecule has 0 saturated heterocycles. The molecule has 2 rings (SSSR count). The van der Waals surface area contributed by atoms with E-state index in [0.29, 0.717) is 31.0 Å². The highest BCUT2D eigenvalue weighted by Gasteiger charge is 2.30. The molecule has 1 aromatic carbocycles. The van der Waals surface area contributed by atoms with E-state index in [-0.39, 0.29) is 42.4 Å². The van der Waals surface area contributed by atoms with Gasteiger partial charge in [-0.1, -0.05) is 13.0 Å². The molecule has 0 aliphatic rings. The SMILES string of the molecule is CCNC(=NCC(O)c1ccncc1)NCC(CC)Oc1cccc(C(F)(F)F)c1.I. The third-order valence-electron chi connectivity index (χ3n) is 4.27. The lowest BCUT2D eigenvalue weighted by atomic mass is 10.1. The largest absolute Gasteiger partial charge is 0.489 e. The summed E-state index contributed by atoms with van der Waals surface area (Å²) in [4.78, 5) is 8.29. The van der Waals surface area contributed by atoms with Gasteiger partial charge in [-0.15, -0.1) is 24.0 Å². The van der Waals surface area contributed by atoms with Crippen LogP contribution in [-0.2, 0) is 6.18 Å². The lowest BCUT2D eigenvalue weighted by Gasteiger charge is -2.21. The molecule has 1 heterocycles. The highest BCUT2D eigenvalue weighted by Crippen LogP contribution is 2.31. The van der Waals surface area contributed by atoms with Gasteiger partial charge in [-0.3, -0.25) is 9.98 Å². The summed E-state index contributed by atoms with van der Waals surface area (Å²) in [5.41, 5.74) is -0.0354. The zero-order valence-electron chi connectivity index (χ0n) is 17.4. The van der Waals surface area contributed by atoms with E-state index in [0.717, 1.165) is 12.1 Å². The first-order valence-corrected chi connectivity index (χ1v) is 9.77. The molecule has 0 saturated carbocycles. The second kappa shape index (κ2) is 13.4. The Balaban J connectivity index is 0.00000480. The number of nitrogens with zero attached hydrogens (tertiary/aromatic N) is 2. The van der Waals surface area contributed by atoms with Crippen LogP contribution < -0.4 is 15.4 Å². The number of guanidine groups is 1. The number of hydrogen-bond donors (Lipinski definition) is 3. The molecule has 0 amide bonds. The van der Waals surface area contributed by atoms with Gasteiger partial charge in [0.2, 0.25) is 0 Å². The van der Waals surface area contributed by atoms with Crippen LogP contribution in [0, 0.1) is 0 Å². The van der Waals surface area contributed by atoms with Crippen molar-refractivity contribution in [2.75, 3.05) is 19.6 Å². The summed E-state index contributed by atoms with van der Waals surface area (Å²) in [5, 5.41) is 16.4. The number of halogens is 4. The van der Waals surface area contributed by atoms with Crippen molar-refractivity contribution in [3.63, 3.8) is 0 Å². The van der Waals surface area contributed by atoms with Gasteiger partial charge in [0.1, 0.15) is 11.9 Å². The van der Waals surface area contributed by atoms with E-state index in [9.17, 15) is 18.3 Å². The quantitative estimate of drug-likeness (QED) is 0.248. The zero-order chi connectivity index (χ0) is 22.0. The fourth-order valence-electron chi connectivity index (χ4n) is 2.63. The molecule has 2 aromatic rings. The Morgan fingerprint density at radius 2 is 1.87 bits per heavy atom. The number of hydrogen-bond acceptors (Lipinski definition) is 4. The summed E-state index contributed by atoms with van der Waals surface area (Å²) in [6.45, 7) is 4.89. The van der Waals surface area contributed by atoms with E-state index < -0.39 is 17.8 Å². The van der Waals surface area contributed by atoms with E-state index in [1.54, 1.807) is 24.5 Å². The predicted molar refractivity (Wildman–Crippen MR) is 125 cm³/mol. The third-order valence-corrected chi connectivity index (χ3v) is 4.27. The number of aliphatic hydroxyl groups is 1. The van der Waals surface area contributed by atoms with E-state index in [2.05, 4.69) is 20.6 Å². The van der Waals surface area contributed by atoms with Crippen molar-refractivity contribution in [1.82, 2.24) is 15.6 Å². The van der Waals surface area contributed by atoms with Gasteiger partial charge in [-0.05, 0) is 49.2 Å². The van der Waals surface area contributed by atoms with Crippen LogP contribution in [0.3, 0.4) is 0 Å². The Morgan fingerprint density at radius 3 is 2.48 bits per heavy atom. The van der Waals surface area contributed by atoms with Crippen LogP contribution in [0.1, 0.15) is 37.5 Å². The topological polar surface area (TPSA) is 78.8 Å². The molecular weight excluding hydrogens is 524 g/mol. The fraction of sp³-hybridized carbons (Fsp3) is 0.429. The van der Waals surface area contributed by atoms with Crippen molar-refractivity contribution in [3.8, 4) is 5.75 Å². The van der Waals surface area contributed by atoms with Crippen molar-refractivity contribution in [3.05, 3.63) is 59.9 Å². The van der Waals surface area contributed by atoms with Gasteiger partial charge in [0.25, 0.3) is 0 Å². The highest BCUT2D eigenvalue weighted by molar-refractivity contribution is 14.0. The number of ether oxygens (including phenoxy) is 1. The number of pyridine rings is 1. The minimum Gasteiger partial charge on any atom is -0.489 e. The van der Waals surface area contributed by atoms with Crippen LogP contribution >= 0.6 is 24.0 Å². The molecule has 0 fully saturated rings. The number of rotatable bonds is 9. The molecule has 0 aliphatic heterocycles. The number of alkyl halides is 3. The Hall–Kier alpha value is -2.08. The molecule has 0 aliphatic carbocycles. The summed E-state index contributed by atoms with van der Waals surface area (Å²) in [6, 6.07) is 8.27. The molecule has 0 spiro atoms. The smallest absolute Gasteiger partial charge is 0.416 e. The Morgan fingerprint density at radius 1 is 1.16 bits per heavy atom. The highest BCUT2D eigenvalue weighted by atomic mass is 127. The zero-order valence-corrected chi connectivity index (χ0v) is 19.7. The van der Waals surface area contributed by atoms with Crippen LogP contribution in [0.15, 0.2) is 53.8 Å². The van der Waals surface area contributed by atoms with Gasteiger partial charge in [0, 0.05) is 18.9 Å². The second-order valence-electron chi connectivity index (χ2n) is 6.57. The molecule has 31 heavy (non-hydrogen) atoms. The van der Waals surface area contributed by atoms with Crippen LogP contribution in [0.25, 0.3) is 0 Å². The standard InChI is InChI=1S/C21H27F3N4O2.HI/c1-3-17(30-18-7-5-6-16(12-18)21(22,23)24)13-27-20(26-4-2)28-14-19(29)15-8-10-25-11-9-15;/h5-12,17,19,29H,3-4,13-14H2,1-2H3,(H2,26,27,28);1H. The number of nitrogens with one attached hydrogen (secondary N) is 2. The summed E-state index contributed by atoms with van der Waals surface area (Å²) < 4.78 is 44.4. The van der Waals surface area contributed by atoms with Crippen molar-refractivity contribution in [2.45, 2.75) is 38.7 Å². The summed E-state index contributed by atoms with van der Waals surface area (Å²) in [5.74, 6) is 0.644. The first-order chi connectivity index (χ1) is 14.3. The minimum atomic E-state index is -4.42. The normalized spacial score (nSPS) is 13.7. The summed E-state index contributed by atoms with van der Waals surface area (Å²) in [7, 11) is 0. The number of benzene rings is 1. The third kappa shape index (κ3) is 9.30. The fourth-order valence-corrected chi connectivity index (χ4v) is 2.63. The van der Waals surface area contributed by atoms with Crippen LogP contribution in [0.5, 0.6) is 5.75 Å². The Bertz CT molecular complexity index is 807. The lowest BCUT2D eigenvalue weighted by molar-refractivity contribution is -0.137. The van der Waals surface area contributed by atoms with E-state index in [4.69, 9.17) is 4.74 Å². The van der Waals surface area contributed by atoms with Crippen LogP contribution in [-0.4, -0.2) is 41.8 Å². The first kappa shape index (κ1) is 27.0. The van der Waals surface area contributed by atoms with Gasteiger partial charge in [-0.2, -0.15) is 13.2 Å². The second-order valence-corrected chi connectivity index (χ2v) is 6.57. The number of aliphatic imine (C=N–C) groups is 1. The predicted octanol–water partition coefficient (Wildman–Crippen LogP) is 4.16. The summed E-state index contributed by atoms with van der Waals surface area (Å²) in [6.07, 6.45) is -1.76. The maximum absolute atomic E-state index is 12.9. The minimum absolute atomic E-state index is 0. The molecule has 10 heteroatoms. The molecule has 172 valence electrons. The van der Waals surface area contributed by atoms with Crippen LogP contribution in [0.4, 0.5) is 13.2 Å². The molecular formula is C21H28F3IN4O2. The molecule has 3 N–H and O–H groups in total. The molecule has 0 radical (unpaired) electrons. The van der Waals surface area contributed by atoms with Gasteiger partial charge in [0.05, 0.1) is 24.8 Å². The number of aromatic nitrogens is 1. The van der Waals surface area contributed by atoms with Gasteiger partial charge >= 0.3 is 6.18 Å². The maximum atomic E-state index is 12.9. The van der Waals surface area contributed by atoms with Crippen molar-refractivity contribution in [1.29, 1.82) is 0 Å². The van der Waals surface area contributed by atoms with Crippen molar-refractivity contribution < 1.29 is 23.0 Å². The molecule has 2 unspecified atom stereocenters.